The van der Waals surface area contributed by atoms with Gasteiger partial charge in [-0.2, -0.15) is 0 Å². The zero-order chi connectivity index (χ0) is 16.7. The molecule has 1 aliphatic rings. The first-order valence-corrected chi connectivity index (χ1v) is 8.32. The fourth-order valence-corrected chi connectivity index (χ4v) is 3.59. The molecule has 3 nitrogen and oxygen atoms in total. The average molecular weight is 305 g/mol. The van der Waals surface area contributed by atoms with Gasteiger partial charge in [-0.25, -0.2) is 0 Å². The molecule has 4 N–H and O–H groups in total. The molecular weight excluding hydrogens is 274 g/mol. The summed E-state index contributed by atoms with van der Waals surface area (Å²) in [6, 6.07) is 4.33. The van der Waals surface area contributed by atoms with E-state index in [9.17, 15) is 10.2 Å². The standard InChI is InChI=1S/C19H31NO2/c1-12-10-14-15(19(4,5)8-7-18(14,2)3)11-13(12)17(22)16(21)6-9-20/h10-11,16-17,21-22H,6-9,20H2,1-5H3. The third-order valence-electron chi connectivity index (χ3n) is 5.38. The smallest absolute Gasteiger partial charge is 0.105 e. The molecular formula is C19H31NO2. The number of rotatable bonds is 4. The van der Waals surface area contributed by atoms with Crippen LogP contribution in [0.2, 0.25) is 0 Å². The Bertz CT molecular complexity index is 549. The number of hydrogen-bond acceptors (Lipinski definition) is 3. The molecule has 0 saturated heterocycles. The quantitative estimate of drug-likeness (QED) is 0.801. The van der Waals surface area contributed by atoms with Crippen LogP contribution < -0.4 is 5.73 Å². The molecule has 0 aromatic heterocycles. The van der Waals surface area contributed by atoms with Crippen LogP contribution in [0.3, 0.4) is 0 Å². The Kier molecular flexibility index (Phi) is 4.72. The van der Waals surface area contributed by atoms with Gasteiger partial charge in [0, 0.05) is 0 Å². The minimum Gasteiger partial charge on any atom is -0.390 e. The van der Waals surface area contributed by atoms with E-state index in [1.807, 2.05) is 6.92 Å². The highest BCUT2D eigenvalue weighted by Gasteiger charge is 2.38. The van der Waals surface area contributed by atoms with Crippen molar-refractivity contribution in [3.63, 3.8) is 0 Å². The van der Waals surface area contributed by atoms with E-state index in [4.69, 9.17) is 5.73 Å². The summed E-state index contributed by atoms with van der Waals surface area (Å²) in [7, 11) is 0. The van der Waals surface area contributed by atoms with E-state index >= 15 is 0 Å². The van der Waals surface area contributed by atoms with Crippen molar-refractivity contribution >= 4 is 0 Å². The molecule has 22 heavy (non-hydrogen) atoms. The van der Waals surface area contributed by atoms with Crippen molar-refractivity contribution < 1.29 is 10.2 Å². The predicted octanol–water partition coefficient (Wildman–Crippen LogP) is 3.09. The molecule has 1 aromatic rings. The molecule has 0 heterocycles. The van der Waals surface area contributed by atoms with Gasteiger partial charge in [0.1, 0.15) is 6.10 Å². The van der Waals surface area contributed by atoms with Crippen LogP contribution in [0.1, 0.15) is 75.3 Å². The van der Waals surface area contributed by atoms with Gasteiger partial charge in [0.15, 0.2) is 0 Å². The first-order chi connectivity index (χ1) is 10.1. The lowest BCUT2D eigenvalue weighted by Crippen LogP contribution is -2.34. The molecule has 0 spiro atoms. The van der Waals surface area contributed by atoms with E-state index in [1.54, 1.807) is 0 Å². The van der Waals surface area contributed by atoms with Gasteiger partial charge in [-0.05, 0) is 65.8 Å². The highest BCUT2D eigenvalue weighted by molar-refractivity contribution is 5.47. The second-order valence-corrected chi connectivity index (χ2v) is 8.11. The summed E-state index contributed by atoms with van der Waals surface area (Å²) >= 11 is 0. The van der Waals surface area contributed by atoms with Crippen LogP contribution in [-0.2, 0) is 10.8 Å². The van der Waals surface area contributed by atoms with Gasteiger partial charge < -0.3 is 15.9 Å². The number of hydrogen-bond donors (Lipinski definition) is 3. The third-order valence-corrected chi connectivity index (χ3v) is 5.38. The molecule has 1 aromatic carbocycles. The Hall–Kier alpha value is -0.900. The average Bonchev–Trinajstić information content (AvgIpc) is 2.43. The first-order valence-electron chi connectivity index (χ1n) is 8.32. The minimum absolute atomic E-state index is 0.103. The molecule has 3 heteroatoms. The number of benzene rings is 1. The summed E-state index contributed by atoms with van der Waals surface area (Å²) in [4.78, 5) is 0. The zero-order valence-corrected chi connectivity index (χ0v) is 14.6. The molecule has 0 fully saturated rings. The summed E-state index contributed by atoms with van der Waals surface area (Å²) in [5, 5.41) is 20.6. The topological polar surface area (TPSA) is 66.5 Å². The van der Waals surface area contributed by atoms with Gasteiger partial charge in [0.2, 0.25) is 0 Å². The number of aliphatic hydroxyl groups excluding tert-OH is 2. The molecule has 0 radical (unpaired) electrons. The number of aliphatic hydroxyl groups is 2. The fourth-order valence-electron chi connectivity index (χ4n) is 3.59. The van der Waals surface area contributed by atoms with Crippen molar-refractivity contribution in [2.45, 2.75) is 76.9 Å². The molecule has 0 amide bonds. The van der Waals surface area contributed by atoms with Crippen molar-refractivity contribution in [2.24, 2.45) is 5.73 Å². The maximum absolute atomic E-state index is 10.5. The summed E-state index contributed by atoms with van der Waals surface area (Å²) in [5.41, 5.74) is 10.3. The summed E-state index contributed by atoms with van der Waals surface area (Å²) < 4.78 is 0. The molecule has 2 rings (SSSR count). The second kappa shape index (κ2) is 5.95. The number of aryl methyl sites for hydroxylation is 1. The van der Waals surface area contributed by atoms with Gasteiger partial charge in [-0.1, -0.05) is 39.8 Å². The van der Waals surface area contributed by atoms with Gasteiger partial charge in [-0.3, -0.25) is 0 Å². The van der Waals surface area contributed by atoms with Crippen molar-refractivity contribution in [2.75, 3.05) is 6.54 Å². The van der Waals surface area contributed by atoms with Gasteiger partial charge >= 0.3 is 0 Å². The molecule has 0 saturated carbocycles. The summed E-state index contributed by atoms with van der Waals surface area (Å²) in [6.45, 7) is 11.5. The van der Waals surface area contributed by atoms with E-state index < -0.39 is 12.2 Å². The van der Waals surface area contributed by atoms with Crippen LogP contribution in [0.5, 0.6) is 0 Å². The molecule has 0 aliphatic heterocycles. The third kappa shape index (κ3) is 3.08. The highest BCUT2D eigenvalue weighted by Crippen LogP contribution is 2.47. The second-order valence-electron chi connectivity index (χ2n) is 8.11. The van der Waals surface area contributed by atoms with E-state index in [0.29, 0.717) is 13.0 Å². The van der Waals surface area contributed by atoms with Crippen molar-refractivity contribution in [1.82, 2.24) is 0 Å². The van der Waals surface area contributed by atoms with Crippen molar-refractivity contribution in [1.29, 1.82) is 0 Å². The minimum atomic E-state index is -0.866. The Labute approximate surface area is 134 Å². The van der Waals surface area contributed by atoms with E-state index in [0.717, 1.165) is 17.5 Å². The lowest BCUT2D eigenvalue weighted by Gasteiger charge is -2.42. The lowest BCUT2D eigenvalue weighted by atomic mass is 9.62. The molecule has 2 atom stereocenters. The SMILES string of the molecule is Cc1cc2c(cc1C(O)C(O)CCN)C(C)(C)CCC2(C)C. The molecule has 1 aliphatic carbocycles. The molecule has 124 valence electrons. The summed E-state index contributed by atoms with van der Waals surface area (Å²) in [6.07, 6.45) is 1.05. The maximum Gasteiger partial charge on any atom is 0.105 e. The normalized spacial score (nSPS) is 22.0. The highest BCUT2D eigenvalue weighted by atomic mass is 16.3. The Morgan fingerprint density at radius 3 is 2.05 bits per heavy atom. The zero-order valence-electron chi connectivity index (χ0n) is 14.6. The van der Waals surface area contributed by atoms with Gasteiger partial charge in [0.25, 0.3) is 0 Å². The molecule has 2 unspecified atom stereocenters. The predicted molar refractivity (Wildman–Crippen MR) is 91.1 cm³/mol. The Balaban J connectivity index is 2.52. The van der Waals surface area contributed by atoms with Crippen LogP contribution in [0.15, 0.2) is 12.1 Å². The van der Waals surface area contributed by atoms with Crippen molar-refractivity contribution in [3.8, 4) is 0 Å². The van der Waals surface area contributed by atoms with Crippen LogP contribution in [0.4, 0.5) is 0 Å². The fraction of sp³-hybridized carbons (Fsp3) is 0.684. The maximum atomic E-state index is 10.5. The van der Waals surface area contributed by atoms with Crippen LogP contribution >= 0.6 is 0 Å². The van der Waals surface area contributed by atoms with Crippen LogP contribution in [0, 0.1) is 6.92 Å². The number of nitrogens with two attached hydrogens (primary N) is 1. The largest absolute Gasteiger partial charge is 0.390 e. The summed E-state index contributed by atoms with van der Waals surface area (Å²) in [5.74, 6) is 0. The lowest BCUT2D eigenvalue weighted by molar-refractivity contribution is 0.0145. The van der Waals surface area contributed by atoms with Crippen LogP contribution in [-0.4, -0.2) is 22.9 Å². The van der Waals surface area contributed by atoms with Gasteiger partial charge in [-0.15, -0.1) is 0 Å². The van der Waals surface area contributed by atoms with Gasteiger partial charge in [0.05, 0.1) is 6.10 Å². The Morgan fingerprint density at radius 2 is 1.55 bits per heavy atom. The van der Waals surface area contributed by atoms with Crippen LogP contribution in [0.25, 0.3) is 0 Å². The van der Waals surface area contributed by atoms with E-state index in [-0.39, 0.29) is 10.8 Å². The molecule has 0 bridgehead atoms. The van der Waals surface area contributed by atoms with E-state index in [2.05, 4.69) is 39.8 Å². The number of fused-ring (bicyclic) bond motifs is 1. The van der Waals surface area contributed by atoms with E-state index in [1.165, 1.54) is 17.5 Å². The monoisotopic (exact) mass is 305 g/mol. The van der Waals surface area contributed by atoms with Crippen molar-refractivity contribution in [3.05, 3.63) is 34.4 Å². The Morgan fingerprint density at radius 1 is 1.05 bits per heavy atom. The first kappa shape index (κ1) is 17.5.